The lowest BCUT2D eigenvalue weighted by molar-refractivity contribution is -0.128. The van der Waals surface area contributed by atoms with Crippen molar-refractivity contribution in [2.75, 3.05) is 25.0 Å². The van der Waals surface area contributed by atoms with Crippen LogP contribution < -0.4 is 32.3 Å². The van der Waals surface area contributed by atoms with E-state index >= 15 is 0 Å². The normalized spacial score (nSPS) is 11.0. The summed E-state index contributed by atoms with van der Waals surface area (Å²) in [5.74, 6) is -1.26. The second-order valence-corrected chi connectivity index (χ2v) is 8.18. The number of nitrogens with two attached hydrogens (primary N) is 1. The van der Waals surface area contributed by atoms with Crippen LogP contribution in [0.1, 0.15) is 51.5 Å². The first-order valence-electron chi connectivity index (χ1n) is 12.0. The number of alkyl carbamates (subject to hydrolysis) is 1. The van der Waals surface area contributed by atoms with E-state index in [0.717, 1.165) is 0 Å². The Balaban J connectivity index is 2.60. The number of hydrogen-bond acceptors (Lipinski definition) is 7. The number of Topliss-reactive ketones (excluding diaryl/α,β-unsaturated/α-hetero) is 1. The lowest BCUT2D eigenvalue weighted by atomic mass is 10.1. The minimum Gasteiger partial charge on any atom is -0.445 e. The highest BCUT2D eigenvalue weighted by Crippen LogP contribution is 2.12. The third kappa shape index (κ3) is 14.8. The summed E-state index contributed by atoms with van der Waals surface area (Å²) in [6.07, 6.45) is 1.14. The van der Waals surface area contributed by atoms with E-state index < -0.39 is 30.0 Å². The Kier molecular flexibility index (Phi) is 14.4. The monoisotopic (exact) mass is 520 g/mol. The fraction of sp³-hybridized carbons (Fsp3) is 0.500. The zero-order valence-electron chi connectivity index (χ0n) is 21.2. The van der Waals surface area contributed by atoms with Crippen molar-refractivity contribution in [3.63, 3.8) is 0 Å². The number of rotatable bonds is 16. The molecule has 0 aromatic heterocycles. The predicted molar refractivity (Wildman–Crippen MR) is 135 cm³/mol. The number of benzene rings is 1. The molecule has 0 fully saturated rings. The fourth-order valence-corrected chi connectivity index (χ4v) is 2.98. The van der Waals surface area contributed by atoms with Gasteiger partial charge in [0.15, 0.2) is 0 Å². The molecule has 0 bridgehead atoms. The second-order valence-electron chi connectivity index (χ2n) is 8.18. The SMILES string of the molecule is CCC(=O)NCC(=O)NC(CCCNC(N)=O)C(=O)Nc1ccc(COC(=O)NCCCC(C)=O)cc1. The van der Waals surface area contributed by atoms with Gasteiger partial charge in [0.25, 0.3) is 0 Å². The number of amides is 6. The van der Waals surface area contributed by atoms with Crippen LogP contribution in [-0.2, 0) is 30.5 Å². The van der Waals surface area contributed by atoms with Gasteiger partial charge < -0.3 is 41.8 Å². The van der Waals surface area contributed by atoms with Crippen LogP contribution in [-0.4, -0.2) is 61.3 Å². The molecule has 1 atom stereocenters. The summed E-state index contributed by atoms with van der Waals surface area (Å²) in [4.78, 5) is 69.9. The molecular weight excluding hydrogens is 484 g/mol. The molecule has 0 spiro atoms. The first-order valence-corrected chi connectivity index (χ1v) is 12.0. The second kappa shape index (κ2) is 17.3. The van der Waals surface area contributed by atoms with Gasteiger partial charge in [0, 0.05) is 31.6 Å². The molecule has 13 heteroatoms. The van der Waals surface area contributed by atoms with Crippen LogP contribution in [0.3, 0.4) is 0 Å². The van der Waals surface area contributed by atoms with E-state index in [2.05, 4.69) is 26.6 Å². The maximum absolute atomic E-state index is 12.8. The number of nitrogens with one attached hydrogen (secondary N) is 5. The highest BCUT2D eigenvalue weighted by atomic mass is 16.5. The molecule has 6 amide bonds. The number of ketones is 1. The fourth-order valence-electron chi connectivity index (χ4n) is 2.98. The van der Waals surface area contributed by atoms with Crippen molar-refractivity contribution >= 4 is 41.3 Å². The van der Waals surface area contributed by atoms with Crippen LogP contribution in [0.15, 0.2) is 24.3 Å². The first kappa shape index (κ1) is 30.9. The molecule has 1 unspecified atom stereocenters. The molecule has 1 rings (SSSR count). The zero-order chi connectivity index (χ0) is 27.6. The largest absolute Gasteiger partial charge is 0.445 e. The van der Waals surface area contributed by atoms with Gasteiger partial charge in [-0.25, -0.2) is 9.59 Å². The van der Waals surface area contributed by atoms with Gasteiger partial charge >= 0.3 is 12.1 Å². The molecule has 1 aromatic rings. The molecule has 0 saturated carbocycles. The molecule has 1 aromatic carbocycles. The van der Waals surface area contributed by atoms with Crippen molar-refractivity contribution in [3.05, 3.63) is 29.8 Å². The number of ether oxygens (including phenoxy) is 1. The van der Waals surface area contributed by atoms with Gasteiger partial charge in [-0.1, -0.05) is 19.1 Å². The average Bonchev–Trinajstić information content (AvgIpc) is 2.86. The van der Waals surface area contributed by atoms with Crippen molar-refractivity contribution in [2.24, 2.45) is 5.73 Å². The summed E-state index contributed by atoms with van der Waals surface area (Å²) in [5.41, 5.74) is 6.18. The maximum atomic E-state index is 12.8. The molecule has 0 aliphatic carbocycles. The van der Waals surface area contributed by atoms with Crippen molar-refractivity contribution in [1.82, 2.24) is 21.3 Å². The smallest absolute Gasteiger partial charge is 0.407 e. The number of primary amides is 1. The van der Waals surface area contributed by atoms with E-state index in [1.807, 2.05) is 0 Å². The van der Waals surface area contributed by atoms with Gasteiger partial charge in [-0.05, 0) is 43.9 Å². The Morgan fingerprint density at radius 1 is 0.919 bits per heavy atom. The third-order valence-corrected chi connectivity index (χ3v) is 4.95. The van der Waals surface area contributed by atoms with E-state index in [1.54, 1.807) is 31.2 Å². The number of urea groups is 1. The lowest BCUT2D eigenvalue weighted by Gasteiger charge is -2.19. The van der Waals surface area contributed by atoms with Crippen LogP contribution in [0.4, 0.5) is 15.3 Å². The molecular formula is C24H36N6O7. The summed E-state index contributed by atoms with van der Waals surface area (Å²) < 4.78 is 5.12. The van der Waals surface area contributed by atoms with Gasteiger partial charge in [-0.15, -0.1) is 0 Å². The summed E-state index contributed by atoms with van der Waals surface area (Å²) in [6.45, 7) is 3.45. The molecule has 7 N–H and O–H groups in total. The number of carbonyl (C=O) groups is 6. The Morgan fingerprint density at radius 2 is 1.59 bits per heavy atom. The van der Waals surface area contributed by atoms with Gasteiger partial charge in [0.05, 0.1) is 6.54 Å². The standard InChI is InChI=1S/C24H36N6O7/c1-3-20(32)28-14-21(33)30-19(7-5-12-26-23(25)35)22(34)29-18-10-8-17(9-11-18)15-37-24(36)27-13-4-6-16(2)31/h8-11,19H,3-7,12-15H2,1-2H3,(H,27,36)(H,28,32)(H,29,34)(H,30,33)(H3,25,26,35). The minimum atomic E-state index is -0.921. The number of carbonyl (C=O) groups excluding carboxylic acids is 6. The highest BCUT2D eigenvalue weighted by molar-refractivity contribution is 5.97. The van der Waals surface area contributed by atoms with E-state index in [0.29, 0.717) is 37.1 Å². The van der Waals surface area contributed by atoms with Crippen LogP contribution in [0.2, 0.25) is 0 Å². The molecule has 0 saturated heterocycles. The third-order valence-electron chi connectivity index (χ3n) is 4.95. The Hall–Kier alpha value is -4.16. The van der Waals surface area contributed by atoms with Gasteiger partial charge in [-0.2, -0.15) is 0 Å². The van der Waals surface area contributed by atoms with Crippen molar-refractivity contribution in [1.29, 1.82) is 0 Å². The van der Waals surface area contributed by atoms with E-state index in [1.165, 1.54) is 6.92 Å². The van der Waals surface area contributed by atoms with Gasteiger partial charge in [0.2, 0.25) is 17.7 Å². The molecule has 0 aliphatic rings. The Bertz CT molecular complexity index is 936. The summed E-state index contributed by atoms with van der Waals surface area (Å²) in [5, 5.41) is 12.7. The predicted octanol–water partition coefficient (Wildman–Crippen LogP) is 0.680. The Morgan fingerprint density at radius 3 is 2.22 bits per heavy atom. The molecule has 0 heterocycles. The summed E-state index contributed by atoms with van der Waals surface area (Å²) in [7, 11) is 0. The molecule has 0 radical (unpaired) electrons. The van der Waals surface area contributed by atoms with E-state index in [4.69, 9.17) is 10.5 Å². The quantitative estimate of drug-likeness (QED) is 0.172. The molecule has 13 nitrogen and oxygen atoms in total. The average molecular weight is 521 g/mol. The number of hydrogen-bond donors (Lipinski definition) is 6. The van der Waals surface area contributed by atoms with Crippen molar-refractivity contribution in [2.45, 2.75) is 58.6 Å². The summed E-state index contributed by atoms with van der Waals surface area (Å²) in [6, 6.07) is 4.97. The van der Waals surface area contributed by atoms with Crippen LogP contribution in [0, 0.1) is 0 Å². The highest BCUT2D eigenvalue weighted by Gasteiger charge is 2.21. The summed E-state index contributed by atoms with van der Waals surface area (Å²) >= 11 is 0. The van der Waals surface area contributed by atoms with Crippen LogP contribution in [0.5, 0.6) is 0 Å². The zero-order valence-corrected chi connectivity index (χ0v) is 21.2. The van der Waals surface area contributed by atoms with Gasteiger partial charge in [0.1, 0.15) is 18.4 Å². The minimum absolute atomic E-state index is 0.0157. The van der Waals surface area contributed by atoms with Crippen LogP contribution in [0.25, 0.3) is 0 Å². The molecule has 204 valence electrons. The van der Waals surface area contributed by atoms with Crippen molar-refractivity contribution < 1.29 is 33.5 Å². The maximum Gasteiger partial charge on any atom is 0.407 e. The first-order chi connectivity index (χ1) is 17.6. The van der Waals surface area contributed by atoms with Gasteiger partial charge in [-0.3, -0.25) is 14.4 Å². The Labute approximate surface area is 215 Å². The van der Waals surface area contributed by atoms with Crippen molar-refractivity contribution in [3.8, 4) is 0 Å². The van der Waals surface area contributed by atoms with E-state index in [-0.39, 0.29) is 44.2 Å². The molecule has 0 aliphatic heterocycles. The lowest BCUT2D eigenvalue weighted by Crippen LogP contribution is -2.47. The molecule has 37 heavy (non-hydrogen) atoms. The number of anilines is 1. The van der Waals surface area contributed by atoms with E-state index in [9.17, 15) is 28.8 Å². The van der Waals surface area contributed by atoms with Crippen LogP contribution >= 0.6 is 0 Å². The topological polar surface area (TPSA) is 198 Å².